The molecule has 0 aliphatic rings. The molecule has 84 valence electrons. The van der Waals surface area contributed by atoms with Crippen LogP contribution in [0.4, 0.5) is 4.39 Å². The molecule has 16 heavy (non-hydrogen) atoms. The Hall–Kier alpha value is -1.82. The lowest BCUT2D eigenvalue weighted by atomic mass is 10.1. The molecule has 0 unspecified atom stereocenters. The van der Waals surface area contributed by atoms with Crippen molar-refractivity contribution < 1.29 is 13.9 Å². The van der Waals surface area contributed by atoms with Crippen molar-refractivity contribution in [1.82, 2.24) is 0 Å². The van der Waals surface area contributed by atoms with Crippen LogP contribution in [0.3, 0.4) is 0 Å². The molecule has 1 aromatic carbocycles. The van der Waals surface area contributed by atoms with E-state index in [0.717, 1.165) is 0 Å². The summed E-state index contributed by atoms with van der Waals surface area (Å²) < 4.78 is 18.3. The van der Waals surface area contributed by atoms with Gasteiger partial charge < -0.3 is 4.74 Å². The summed E-state index contributed by atoms with van der Waals surface area (Å²) >= 11 is 0. The van der Waals surface area contributed by atoms with E-state index in [1.54, 1.807) is 0 Å². The summed E-state index contributed by atoms with van der Waals surface area (Å²) in [5.41, 5.74) is 0.391. The van der Waals surface area contributed by atoms with Gasteiger partial charge in [0.25, 0.3) is 0 Å². The molecule has 0 saturated carbocycles. The van der Waals surface area contributed by atoms with E-state index >= 15 is 0 Å². The Balaban J connectivity index is 2.73. The summed E-state index contributed by atoms with van der Waals surface area (Å²) in [6, 6.07) is 3.88. The van der Waals surface area contributed by atoms with Crippen molar-refractivity contribution in [3.63, 3.8) is 0 Å². The van der Waals surface area contributed by atoms with Gasteiger partial charge in [-0.25, -0.2) is 4.39 Å². The number of benzene rings is 1. The number of ether oxygens (including phenoxy) is 1. The number of unbranched alkanes of at least 4 members (excludes halogenated alkanes) is 1. The van der Waals surface area contributed by atoms with E-state index in [1.165, 1.54) is 25.1 Å². The molecule has 3 heteroatoms. The summed E-state index contributed by atoms with van der Waals surface area (Å²) in [7, 11) is 0. The average Bonchev–Trinajstić information content (AvgIpc) is 2.24. The topological polar surface area (TPSA) is 26.3 Å². The monoisotopic (exact) mass is 220 g/mol. The molecule has 0 atom stereocenters. The number of terminal acetylenes is 1. The highest BCUT2D eigenvalue weighted by molar-refractivity contribution is 5.96. The van der Waals surface area contributed by atoms with E-state index in [4.69, 9.17) is 11.2 Å². The first-order chi connectivity index (χ1) is 7.65. The van der Waals surface area contributed by atoms with Crippen LogP contribution in [0, 0.1) is 18.2 Å². The predicted molar refractivity (Wildman–Crippen MR) is 60.0 cm³/mol. The largest absolute Gasteiger partial charge is 0.493 e. The van der Waals surface area contributed by atoms with Crippen LogP contribution in [0.1, 0.15) is 30.1 Å². The summed E-state index contributed by atoms with van der Waals surface area (Å²) in [5.74, 6) is 2.20. The standard InChI is InChI=1S/C13H13FO2/c1-3-4-5-8-16-13-9-11(14)6-7-12(13)10(2)15/h1,6-7,9H,4-5,8H2,2H3. The van der Waals surface area contributed by atoms with Crippen molar-refractivity contribution in [2.24, 2.45) is 0 Å². The van der Waals surface area contributed by atoms with Crippen molar-refractivity contribution >= 4 is 5.78 Å². The van der Waals surface area contributed by atoms with Gasteiger partial charge in [-0.3, -0.25) is 4.79 Å². The fourth-order valence-electron chi connectivity index (χ4n) is 1.26. The van der Waals surface area contributed by atoms with Crippen LogP contribution < -0.4 is 4.74 Å². The number of carbonyl (C=O) groups excluding carboxylic acids is 1. The van der Waals surface area contributed by atoms with Gasteiger partial charge in [0.05, 0.1) is 12.2 Å². The van der Waals surface area contributed by atoms with Crippen LogP contribution in [0.2, 0.25) is 0 Å². The smallest absolute Gasteiger partial charge is 0.163 e. The SMILES string of the molecule is C#CCCCOc1cc(F)ccc1C(C)=O. The Labute approximate surface area is 94.4 Å². The average molecular weight is 220 g/mol. The number of hydrogen-bond acceptors (Lipinski definition) is 2. The molecule has 0 aliphatic carbocycles. The maximum absolute atomic E-state index is 13.0. The maximum atomic E-state index is 13.0. The van der Waals surface area contributed by atoms with Gasteiger partial charge in [-0.2, -0.15) is 0 Å². The van der Waals surface area contributed by atoms with Crippen molar-refractivity contribution in [2.45, 2.75) is 19.8 Å². The van der Waals surface area contributed by atoms with Crippen LogP contribution >= 0.6 is 0 Å². The number of rotatable bonds is 5. The molecule has 0 bridgehead atoms. The quantitative estimate of drug-likeness (QED) is 0.433. The molecule has 0 N–H and O–H groups in total. The van der Waals surface area contributed by atoms with E-state index in [0.29, 0.717) is 25.0 Å². The summed E-state index contributed by atoms with van der Waals surface area (Å²) in [4.78, 5) is 11.2. The van der Waals surface area contributed by atoms with Crippen LogP contribution in [-0.4, -0.2) is 12.4 Å². The van der Waals surface area contributed by atoms with Gasteiger partial charge in [0.2, 0.25) is 0 Å². The zero-order valence-corrected chi connectivity index (χ0v) is 9.13. The minimum absolute atomic E-state index is 0.146. The second-order valence-corrected chi connectivity index (χ2v) is 3.35. The first-order valence-corrected chi connectivity index (χ1v) is 5.02. The lowest BCUT2D eigenvalue weighted by Crippen LogP contribution is -2.03. The Morgan fingerprint density at radius 1 is 1.56 bits per heavy atom. The molecular weight excluding hydrogens is 207 g/mol. The van der Waals surface area contributed by atoms with E-state index < -0.39 is 5.82 Å². The second-order valence-electron chi connectivity index (χ2n) is 3.35. The fraction of sp³-hybridized carbons (Fsp3) is 0.308. The Morgan fingerprint density at radius 3 is 2.94 bits per heavy atom. The Kier molecular flexibility index (Phi) is 4.53. The number of halogens is 1. The van der Waals surface area contributed by atoms with E-state index in [-0.39, 0.29) is 11.5 Å². The van der Waals surface area contributed by atoms with E-state index in [2.05, 4.69) is 5.92 Å². The van der Waals surface area contributed by atoms with Crippen molar-refractivity contribution in [3.8, 4) is 18.1 Å². The first kappa shape index (κ1) is 12.3. The van der Waals surface area contributed by atoms with Gasteiger partial charge in [0.15, 0.2) is 5.78 Å². The molecule has 0 saturated heterocycles. The molecule has 1 rings (SSSR count). The highest BCUT2D eigenvalue weighted by Gasteiger charge is 2.09. The summed E-state index contributed by atoms with van der Waals surface area (Å²) in [6.07, 6.45) is 6.38. The molecule has 0 aromatic heterocycles. The third-order valence-corrected chi connectivity index (χ3v) is 2.05. The van der Waals surface area contributed by atoms with E-state index in [1.807, 2.05) is 0 Å². The zero-order chi connectivity index (χ0) is 12.0. The van der Waals surface area contributed by atoms with Crippen molar-refractivity contribution in [1.29, 1.82) is 0 Å². The highest BCUT2D eigenvalue weighted by atomic mass is 19.1. The lowest BCUT2D eigenvalue weighted by Gasteiger charge is -2.08. The molecule has 1 aromatic rings. The molecule has 0 radical (unpaired) electrons. The van der Waals surface area contributed by atoms with Gasteiger partial charge in [0, 0.05) is 12.5 Å². The van der Waals surface area contributed by atoms with Crippen LogP contribution in [0.5, 0.6) is 5.75 Å². The highest BCUT2D eigenvalue weighted by Crippen LogP contribution is 2.20. The minimum atomic E-state index is -0.419. The molecule has 0 fully saturated rings. The molecule has 2 nitrogen and oxygen atoms in total. The molecule has 0 aliphatic heterocycles. The normalized spacial score (nSPS) is 9.56. The third kappa shape index (κ3) is 3.39. The summed E-state index contributed by atoms with van der Waals surface area (Å²) in [5, 5.41) is 0. The van der Waals surface area contributed by atoms with Gasteiger partial charge in [0.1, 0.15) is 11.6 Å². The van der Waals surface area contributed by atoms with Crippen molar-refractivity contribution in [2.75, 3.05) is 6.61 Å². The van der Waals surface area contributed by atoms with Crippen LogP contribution in [-0.2, 0) is 0 Å². The number of Topliss-reactive ketones (excluding diaryl/α,β-unsaturated/α-hetero) is 1. The van der Waals surface area contributed by atoms with Gasteiger partial charge >= 0.3 is 0 Å². The van der Waals surface area contributed by atoms with Crippen LogP contribution in [0.15, 0.2) is 18.2 Å². The van der Waals surface area contributed by atoms with Gasteiger partial charge in [-0.05, 0) is 25.5 Å². The van der Waals surface area contributed by atoms with E-state index in [9.17, 15) is 9.18 Å². The Bertz CT molecular complexity index is 418. The van der Waals surface area contributed by atoms with Crippen LogP contribution in [0.25, 0.3) is 0 Å². The summed E-state index contributed by atoms with van der Waals surface area (Å²) in [6.45, 7) is 1.80. The fourth-order valence-corrected chi connectivity index (χ4v) is 1.26. The molecule has 0 amide bonds. The molecule has 0 spiro atoms. The first-order valence-electron chi connectivity index (χ1n) is 5.02. The zero-order valence-electron chi connectivity index (χ0n) is 9.13. The third-order valence-electron chi connectivity index (χ3n) is 2.05. The van der Waals surface area contributed by atoms with Gasteiger partial charge in [-0.1, -0.05) is 0 Å². The van der Waals surface area contributed by atoms with Crippen molar-refractivity contribution in [3.05, 3.63) is 29.6 Å². The maximum Gasteiger partial charge on any atom is 0.163 e. The predicted octanol–water partition coefficient (Wildman–Crippen LogP) is 2.82. The molecular formula is C13H13FO2. The number of carbonyl (C=O) groups is 1. The number of hydrogen-bond donors (Lipinski definition) is 0. The molecule has 0 heterocycles. The van der Waals surface area contributed by atoms with Gasteiger partial charge in [-0.15, -0.1) is 12.3 Å². The number of ketones is 1. The Morgan fingerprint density at radius 2 is 2.31 bits per heavy atom. The minimum Gasteiger partial charge on any atom is -0.493 e. The lowest BCUT2D eigenvalue weighted by molar-refractivity contribution is 0.101. The second kappa shape index (κ2) is 5.92.